The molecule has 1 aliphatic carbocycles. The zero-order valence-corrected chi connectivity index (χ0v) is 22.8. The molecular formula is C28H31F3N6O4. The van der Waals surface area contributed by atoms with Crippen LogP contribution in [0.2, 0.25) is 0 Å². The monoisotopic (exact) mass is 572 g/mol. The summed E-state index contributed by atoms with van der Waals surface area (Å²) in [5.41, 5.74) is -0.545. The molecule has 3 aliphatic rings. The fourth-order valence-corrected chi connectivity index (χ4v) is 5.79. The maximum absolute atomic E-state index is 14.0. The normalized spacial score (nSPS) is 21.3. The Bertz CT molecular complexity index is 1390. The topological polar surface area (TPSA) is 121 Å². The number of nitrogens with zero attached hydrogens (tertiary/aromatic N) is 5. The molecule has 1 aromatic heterocycles. The van der Waals surface area contributed by atoms with Crippen LogP contribution in [0.1, 0.15) is 76.5 Å². The van der Waals surface area contributed by atoms with Crippen molar-refractivity contribution in [3.8, 4) is 6.07 Å². The first-order valence-electron chi connectivity index (χ1n) is 13.7. The summed E-state index contributed by atoms with van der Waals surface area (Å²) in [5, 5.41) is 16.7. The lowest BCUT2D eigenvalue weighted by Gasteiger charge is -2.39. The Morgan fingerprint density at radius 1 is 1.22 bits per heavy atom. The van der Waals surface area contributed by atoms with E-state index in [1.165, 1.54) is 22.9 Å². The highest BCUT2D eigenvalue weighted by Gasteiger charge is 2.52. The van der Waals surface area contributed by atoms with Crippen molar-refractivity contribution in [1.82, 2.24) is 20.0 Å². The van der Waals surface area contributed by atoms with Crippen molar-refractivity contribution in [3.63, 3.8) is 0 Å². The van der Waals surface area contributed by atoms with E-state index in [0.717, 1.165) is 31.0 Å². The number of hydrogen-bond acceptors (Lipinski definition) is 6. The van der Waals surface area contributed by atoms with Crippen LogP contribution in [0.15, 0.2) is 24.3 Å². The van der Waals surface area contributed by atoms with Gasteiger partial charge in [0.05, 0.1) is 17.7 Å². The summed E-state index contributed by atoms with van der Waals surface area (Å²) in [6.07, 6.45) is -1.87. The molecule has 2 unspecified atom stereocenters. The molecule has 3 amide bonds. The summed E-state index contributed by atoms with van der Waals surface area (Å²) < 4.78 is 47.2. The highest BCUT2D eigenvalue weighted by molar-refractivity contribution is 6.07. The molecule has 0 radical (unpaired) electrons. The average Bonchev–Trinajstić information content (AvgIpc) is 3.73. The summed E-state index contributed by atoms with van der Waals surface area (Å²) in [4.78, 5) is 43.7. The van der Waals surface area contributed by atoms with Crippen molar-refractivity contribution in [1.29, 1.82) is 5.26 Å². The lowest BCUT2D eigenvalue weighted by Crippen LogP contribution is -2.56. The van der Waals surface area contributed by atoms with Gasteiger partial charge in [0.25, 0.3) is 17.7 Å². The number of nitrogens with one attached hydrogen (secondary N) is 1. The van der Waals surface area contributed by atoms with Crippen molar-refractivity contribution >= 4 is 23.5 Å². The summed E-state index contributed by atoms with van der Waals surface area (Å²) >= 11 is 0. The molecule has 2 fully saturated rings. The molecule has 13 heteroatoms. The Balaban J connectivity index is 1.61. The molecule has 2 atom stereocenters. The van der Waals surface area contributed by atoms with E-state index < -0.39 is 41.4 Å². The van der Waals surface area contributed by atoms with Crippen molar-refractivity contribution in [2.24, 2.45) is 5.92 Å². The number of likely N-dealkylation sites (N-methyl/N-ethyl adjacent to an activating group) is 1. The Morgan fingerprint density at radius 2 is 1.93 bits per heavy atom. The molecule has 41 heavy (non-hydrogen) atoms. The fourth-order valence-electron chi connectivity index (χ4n) is 5.79. The van der Waals surface area contributed by atoms with E-state index in [0.29, 0.717) is 37.4 Å². The standard InChI is InChI=1S/C28H31F3N6O4/c1-3-36-25-21(23(26(39)35(2)12-11-32)34-37(25)19-9-13-41-14-10-19)20(16-7-8-16)22(27(36)40)33-24(38)17-5-4-6-18(15-17)28(29,30)31/h4-6,15-16,19-20,22H,3,7-10,12-14H2,1-2H3,(H,33,38). The van der Waals surface area contributed by atoms with Gasteiger partial charge in [-0.1, -0.05) is 6.07 Å². The molecule has 1 saturated heterocycles. The minimum atomic E-state index is -4.63. The van der Waals surface area contributed by atoms with Gasteiger partial charge in [0.2, 0.25) is 0 Å². The lowest BCUT2D eigenvalue weighted by molar-refractivity contribution is -0.137. The number of anilines is 1. The van der Waals surface area contributed by atoms with Gasteiger partial charge in [-0.3, -0.25) is 19.3 Å². The van der Waals surface area contributed by atoms with E-state index in [9.17, 15) is 32.8 Å². The first kappa shape index (κ1) is 28.6. The SMILES string of the molecule is CCN1C(=O)C(NC(=O)c2cccc(C(F)(F)F)c2)C(C2CC2)c2c(C(=O)N(C)CC#N)nn(C3CCOCC3)c21. The van der Waals surface area contributed by atoms with E-state index in [-0.39, 0.29) is 36.3 Å². The number of nitriles is 1. The van der Waals surface area contributed by atoms with E-state index in [2.05, 4.69) is 5.32 Å². The molecule has 10 nitrogen and oxygen atoms in total. The van der Waals surface area contributed by atoms with Crippen LogP contribution in [0.3, 0.4) is 0 Å². The van der Waals surface area contributed by atoms with Gasteiger partial charge in [-0.05, 0) is 56.7 Å². The van der Waals surface area contributed by atoms with Crippen LogP contribution in [-0.4, -0.2) is 71.8 Å². The molecule has 2 aromatic rings. The number of alkyl halides is 3. The molecule has 1 saturated carbocycles. The summed E-state index contributed by atoms with van der Waals surface area (Å²) in [6.45, 7) is 2.82. The van der Waals surface area contributed by atoms with Gasteiger partial charge in [-0.25, -0.2) is 4.68 Å². The minimum Gasteiger partial charge on any atom is -0.381 e. The summed E-state index contributed by atoms with van der Waals surface area (Å²) in [5.74, 6) is -1.85. The van der Waals surface area contributed by atoms with Crippen LogP contribution in [0, 0.1) is 17.2 Å². The number of fused-ring (bicyclic) bond motifs is 1. The minimum absolute atomic E-state index is 0.0383. The number of rotatable bonds is 7. The zero-order chi connectivity index (χ0) is 29.5. The van der Waals surface area contributed by atoms with Crippen molar-refractivity contribution in [2.45, 2.75) is 56.8 Å². The summed E-state index contributed by atoms with van der Waals surface area (Å²) in [7, 11) is 1.50. The molecule has 5 rings (SSSR count). The largest absolute Gasteiger partial charge is 0.416 e. The van der Waals surface area contributed by atoms with Crippen LogP contribution in [0.4, 0.5) is 19.0 Å². The second-order valence-corrected chi connectivity index (χ2v) is 10.7. The van der Waals surface area contributed by atoms with E-state index in [1.54, 1.807) is 11.6 Å². The van der Waals surface area contributed by atoms with Gasteiger partial charge < -0.3 is 15.0 Å². The molecule has 2 aliphatic heterocycles. The van der Waals surface area contributed by atoms with Crippen LogP contribution in [-0.2, 0) is 15.7 Å². The van der Waals surface area contributed by atoms with Crippen LogP contribution in [0.25, 0.3) is 0 Å². The molecule has 0 spiro atoms. The Kier molecular flexibility index (Phi) is 7.78. The number of halogens is 3. The average molecular weight is 573 g/mol. The number of ether oxygens (including phenoxy) is 1. The molecule has 3 heterocycles. The maximum atomic E-state index is 14.0. The first-order chi connectivity index (χ1) is 19.6. The molecular weight excluding hydrogens is 541 g/mol. The van der Waals surface area contributed by atoms with Gasteiger partial charge in [0.15, 0.2) is 5.69 Å². The number of hydrogen-bond donors (Lipinski definition) is 1. The molecule has 1 aromatic carbocycles. The Morgan fingerprint density at radius 3 is 2.54 bits per heavy atom. The second kappa shape index (κ2) is 11.2. The smallest absolute Gasteiger partial charge is 0.381 e. The number of benzene rings is 1. The van der Waals surface area contributed by atoms with Gasteiger partial charge in [0, 0.05) is 43.9 Å². The third kappa shape index (κ3) is 5.40. The van der Waals surface area contributed by atoms with Crippen molar-refractivity contribution < 1.29 is 32.3 Å². The zero-order valence-electron chi connectivity index (χ0n) is 22.8. The van der Waals surface area contributed by atoms with E-state index in [1.807, 2.05) is 6.07 Å². The number of amides is 3. The predicted molar refractivity (Wildman–Crippen MR) is 140 cm³/mol. The van der Waals surface area contributed by atoms with Crippen molar-refractivity contribution in [3.05, 3.63) is 46.6 Å². The predicted octanol–water partition coefficient (Wildman–Crippen LogP) is 3.51. The lowest BCUT2D eigenvalue weighted by atomic mass is 9.82. The molecule has 1 N–H and O–H groups in total. The van der Waals surface area contributed by atoms with Gasteiger partial charge in [0.1, 0.15) is 18.4 Å². The third-order valence-corrected chi connectivity index (χ3v) is 7.98. The van der Waals surface area contributed by atoms with Gasteiger partial charge in [-0.15, -0.1) is 0 Å². The maximum Gasteiger partial charge on any atom is 0.416 e. The van der Waals surface area contributed by atoms with Crippen molar-refractivity contribution in [2.75, 3.05) is 38.3 Å². The van der Waals surface area contributed by atoms with Crippen LogP contribution < -0.4 is 10.2 Å². The number of aromatic nitrogens is 2. The summed E-state index contributed by atoms with van der Waals surface area (Å²) in [6, 6.07) is 4.77. The van der Waals surface area contributed by atoms with E-state index >= 15 is 0 Å². The quantitative estimate of drug-likeness (QED) is 0.507. The van der Waals surface area contributed by atoms with Crippen LogP contribution in [0.5, 0.6) is 0 Å². The second-order valence-electron chi connectivity index (χ2n) is 10.7. The first-order valence-corrected chi connectivity index (χ1v) is 13.7. The highest BCUT2D eigenvalue weighted by atomic mass is 19.4. The van der Waals surface area contributed by atoms with Gasteiger partial charge >= 0.3 is 6.18 Å². The molecule has 218 valence electrons. The van der Waals surface area contributed by atoms with Gasteiger partial charge in [-0.2, -0.15) is 23.5 Å². The number of carbonyl (C=O) groups is 3. The fraction of sp³-hybridized carbons (Fsp3) is 0.536. The Labute approximate surface area is 235 Å². The number of carbonyl (C=O) groups excluding carboxylic acids is 3. The highest BCUT2D eigenvalue weighted by Crippen LogP contribution is 2.52. The van der Waals surface area contributed by atoms with E-state index in [4.69, 9.17) is 9.84 Å². The van der Waals surface area contributed by atoms with Crippen LogP contribution >= 0.6 is 0 Å². The third-order valence-electron chi connectivity index (χ3n) is 7.98. The Hall–Kier alpha value is -3.92. The molecule has 0 bridgehead atoms.